The van der Waals surface area contributed by atoms with Crippen LogP contribution in [0.25, 0.3) is 0 Å². The molecule has 3 aliphatic rings. The summed E-state index contributed by atoms with van der Waals surface area (Å²) in [5, 5.41) is 7.73. The Bertz CT molecular complexity index is 945. The molecule has 0 saturated heterocycles. The number of carbonyl (C=O) groups excluding carboxylic acids is 1. The molecule has 1 aliphatic carbocycles. The molecule has 0 spiro atoms. The quantitative estimate of drug-likeness (QED) is 0.800. The Morgan fingerprint density at radius 3 is 2.90 bits per heavy atom. The average Bonchev–Trinajstić information content (AvgIpc) is 3.48. The van der Waals surface area contributed by atoms with Crippen molar-refractivity contribution < 1.29 is 4.79 Å². The second-order valence-corrected chi connectivity index (χ2v) is 9.21. The molecule has 5 rings (SSSR count). The van der Waals surface area contributed by atoms with E-state index in [9.17, 15) is 4.79 Å². The first-order valence-electron chi connectivity index (χ1n) is 11.5. The molecule has 1 amide bonds. The van der Waals surface area contributed by atoms with Gasteiger partial charge in [0.1, 0.15) is 0 Å². The molecule has 1 aromatic heterocycles. The fourth-order valence-corrected chi connectivity index (χ4v) is 5.00. The van der Waals surface area contributed by atoms with Crippen LogP contribution in [0.15, 0.2) is 18.2 Å². The van der Waals surface area contributed by atoms with Gasteiger partial charge >= 0.3 is 0 Å². The lowest BCUT2D eigenvalue weighted by molar-refractivity contribution is 0.0947. The van der Waals surface area contributed by atoms with E-state index in [1.54, 1.807) is 0 Å². The molecule has 2 aromatic rings. The molecule has 1 fully saturated rings. The molecule has 1 saturated carbocycles. The molecule has 30 heavy (non-hydrogen) atoms. The maximum atomic E-state index is 12.7. The summed E-state index contributed by atoms with van der Waals surface area (Å²) in [4.78, 5) is 17.5. The number of amides is 1. The van der Waals surface area contributed by atoms with Crippen LogP contribution < -0.4 is 10.2 Å². The highest BCUT2D eigenvalue weighted by Crippen LogP contribution is 2.33. The van der Waals surface area contributed by atoms with Crippen LogP contribution in [0, 0.1) is 5.92 Å². The van der Waals surface area contributed by atoms with Crippen LogP contribution in [0.3, 0.4) is 0 Å². The van der Waals surface area contributed by atoms with Gasteiger partial charge in [0.15, 0.2) is 5.69 Å². The number of fused-ring (bicyclic) bond motifs is 2. The molecule has 1 N–H and O–H groups in total. The van der Waals surface area contributed by atoms with Crippen LogP contribution in [0.5, 0.6) is 0 Å². The smallest absolute Gasteiger partial charge is 0.272 e. The fraction of sp³-hybridized carbons (Fsp3) is 0.583. The zero-order valence-corrected chi connectivity index (χ0v) is 18.3. The molecular weight excluding hydrogens is 374 g/mol. The number of benzene rings is 1. The zero-order valence-electron chi connectivity index (χ0n) is 18.3. The third kappa shape index (κ3) is 3.85. The van der Waals surface area contributed by atoms with Crippen molar-refractivity contribution in [3.63, 3.8) is 0 Å². The topological polar surface area (TPSA) is 53.4 Å². The number of nitrogens with zero attached hydrogens (tertiary/aromatic N) is 4. The van der Waals surface area contributed by atoms with E-state index < -0.39 is 0 Å². The monoisotopic (exact) mass is 407 g/mol. The van der Waals surface area contributed by atoms with Gasteiger partial charge in [0, 0.05) is 69.7 Å². The van der Waals surface area contributed by atoms with Gasteiger partial charge in [0.2, 0.25) is 0 Å². The van der Waals surface area contributed by atoms with E-state index in [-0.39, 0.29) is 5.91 Å². The summed E-state index contributed by atoms with van der Waals surface area (Å²) >= 11 is 0. The number of aromatic nitrogens is 2. The van der Waals surface area contributed by atoms with Crippen molar-refractivity contribution in [1.29, 1.82) is 0 Å². The normalized spacial score (nSPS) is 18.8. The molecule has 0 unspecified atom stereocenters. The minimum atomic E-state index is -0.0260. The van der Waals surface area contributed by atoms with Crippen molar-refractivity contribution >= 4 is 11.6 Å². The number of hydrogen-bond donors (Lipinski definition) is 1. The summed E-state index contributed by atoms with van der Waals surface area (Å²) in [5.41, 5.74) is 7.30. The predicted molar refractivity (Wildman–Crippen MR) is 119 cm³/mol. The van der Waals surface area contributed by atoms with Gasteiger partial charge < -0.3 is 10.2 Å². The fourth-order valence-electron chi connectivity index (χ4n) is 5.00. The highest BCUT2D eigenvalue weighted by Gasteiger charge is 2.31. The van der Waals surface area contributed by atoms with E-state index in [4.69, 9.17) is 5.10 Å². The molecule has 2 aliphatic heterocycles. The van der Waals surface area contributed by atoms with Crippen molar-refractivity contribution in [2.45, 2.75) is 58.7 Å². The molecular formula is C24H33N5O. The van der Waals surface area contributed by atoms with Crippen molar-refractivity contribution in [3.8, 4) is 0 Å². The highest BCUT2D eigenvalue weighted by atomic mass is 16.1. The van der Waals surface area contributed by atoms with Gasteiger partial charge in [-0.2, -0.15) is 5.10 Å². The third-order valence-corrected chi connectivity index (χ3v) is 6.79. The highest BCUT2D eigenvalue weighted by molar-refractivity contribution is 5.94. The van der Waals surface area contributed by atoms with E-state index >= 15 is 0 Å². The molecule has 3 heterocycles. The number of nitrogens with one attached hydrogen (secondary N) is 1. The first-order chi connectivity index (χ1) is 14.6. The Balaban J connectivity index is 1.36. The largest absolute Gasteiger partial charge is 0.374 e. The summed E-state index contributed by atoms with van der Waals surface area (Å²) in [6.45, 7) is 7.48. The minimum absolute atomic E-state index is 0.0260. The maximum Gasteiger partial charge on any atom is 0.272 e. The Morgan fingerprint density at radius 2 is 2.10 bits per heavy atom. The molecule has 6 heteroatoms. The van der Waals surface area contributed by atoms with Gasteiger partial charge in [-0.1, -0.05) is 12.1 Å². The number of carbonyl (C=O) groups is 1. The average molecular weight is 408 g/mol. The Kier molecular flexibility index (Phi) is 5.27. The van der Waals surface area contributed by atoms with Crippen LogP contribution in [-0.2, 0) is 32.5 Å². The van der Waals surface area contributed by atoms with E-state index in [2.05, 4.69) is 45.0 Å². The first kappa shape index (κ1) is 19.6. The molecule has 160 valence electrons. The molecule has 0 atom stereocenters. The summed E-state index contributed by atoms with van der Waals surface area (Å²) in [5.74, 6) is 0.727. The van der Waals surface area contributed by atoms with Gasteiger partial charge in [0.25, 0.3) is 5.91 Å². The van der Waals surface area contributed by atoms with Gasteiger partial charge in [-0.3, -0.25) is 14.4 Å². The van der Waals surface area contributed by atoms with Crippen LogP contribution in [0.1, 0.15) is 59.1 Å². The van der Waals surface area contributed by atoms with Crippen molar-refractivity contribution in [1.82, 2.24) is 20.0 Å². The Labute approximate surface area is 179 Å². The predicted octanol–water partition coefficient (Wildman–Crippen LogP) is 2.98. The second-order valence-electron chi connectivity index (χ2n) is 9.21. The van der Waals surface area contributed by atoms with Gasteiger partial charge in [-0.15, -0.1) is 0 Å². The summed E-state index contributed by atoms with van der Waals surface area (Å²) in [7, 11) is 2.19. The van der Waals surface area contributed by atoms with Crippen molar-refractivity contribution in [2.24, 2.45) is 5.92 Å². The lowest BCUT2D eigenvalue weighted by atomic mass is 9.98. The summed E-state index contributed by atoms with van der Waals surface area (Å²) < 4.78 is 2.14. The number of rotatable bonds is 6. The van der Waals surface area contributed by atoms with Crippen LogP contribution in [-0.4, -0.2) is 47.3 Å². The molecule has 6 nitrogen and oxygen atoms in total. The van der Waals surface area contributed by atoms with Crippen LogP contribution in [0.4, 0.5) is 5.69 Å². The summed E-state index contributed by atoms with van der Waals surface area (Å²) in [6, 6.07) is 6.95. The van der Waals surface area contributed by atoms with E-state index in [1.165, 1.54) is 48.2 Å². The van der Waals surface area contributed by atoms with Gasteiger partial charge in [0.05, 0.1) is 0 Å². The van der Waals surface area contributed by atoms with E-state index in [0.717, 1.165) is 50.6 Å². The number of anilines is 1. The standard InChI is InChI=1S/C24H33N5O/c1-3-25-24(30)23-20-16-28(12-10-22(20)29(26-23)15-17-6-7-17)14-18-8-9-21-19(13-18)5-4-11-27(21)2/h8-9,13,17H,3-7,10-12,14-16H2,1-2H3,(H,25,30). The maximum absolute atomic E-state index is 12.7. The molecule has 0 bridgehead atoms. The summed E-state index contributed by atoms with van der Waals surface area (Å²) in [6.07, 6.45) is 5.97. The lowest BCUT2D eigenvalue weighted by Crippen LogP contribution is -2.32. The third-order valence-electron chi connectivity index (χ3n) is 6.79. The molecule has 0 radical (unpaired) electrons. The van der Waals surface area contributed by atoms with Gasteiger partial charge in [-0.25, -0.2) is 0 Å². The lowest BCUT2D eigenvalue weighted by Gasteiger charge is -2.30. The van der Waals surface area contributed by atoms with Crippen molar-refractivity contribution in [3.05, 3.63) is 46.3 Å². The number of hydrogen-bond acceptors (Lipinski definition) is 4. The van der Waals surface area contributed by atoms with Crippen LogP contribution >= 0.6 is 0 Å². The minimum Gasteiger partial charge on any atom is -0.374 e. The molecule has 1 aromatic carbocycles. The Hall–Kier alpha value is -2.34. The number of aryl methyl sites for hydroxylation is 1. The SMILES string of the molecule is CCNC(=O)c1nn(CC2CC2)c2c1CN(Cc1ccc3c(c1)CCCN3C)CC2. The zero-order chi connectivity index (χ0) is 20.7. The van der Waals surface area contributed by atoms with Crippen LogP contribution in [0.2, 0.25) is 0 Å². The second kappa shape index (κ2) is 8.06. The van der Waals surface area contributed by atoms with Crippen molar-refractivity contribution in [2.75, 3.05) is 31.6 Å². The Morgan fingerprint density at radius 1 is 1.23 bits per heavy atom. The van der Waals surface area contributed by atoms with E-state index in [0.29, 0.717) is 12.2 Å². The van der Waals surface area contributed by atoms with E-state index in [1.807, 2.05) is 6.92 Å². The van der Waals surface area contributed by atoms with Gasteiger partial charge in [-0.05, 0) is 55.7 Å². The first-order valence-corrected chi connectivity index (χ1v) is 11.5.